The summed E-state index contributed by atoms with van der Waals surface area (Å²) in [5, 5.41) is 12.1. The van der Waals surface area contributed by atoms with Gasteiger partial charge in [0.15, 0.2) is 6.10 Å². The number of hydrogen-bond acceptors (Lipinski definition) is 4. The number of halogens is 2. The van der Waals surface area contributed by atoms with Gasteiger partial charge in [-0.15, -0.1) is 0 Å². The molecule has 2 atom stereocenters. The molecule has 2 rings (SSSR count). The summed E-state index contributed by atoms with van der Waals surface area (Å²) in [6, 6.07) is 5.85. The fraction of sp³-hybridized carbons (Fsp3) is 0.429. The third-order valence-corrected chi connectivity index (χ3v) is 4.65. The second kappa shape index (κ2) is 6.54. The lowest BCUT2D eigenvalue weighted by molar-refractivity contribution is -0.128. The van der Waals surface area contributed by atoms with E-state index < -0.39 is 17.5 Å². The maximum Gasteiger partial charge on any atom is 0.262 e. The van der Waals surface area contributed by atoms with Crippen molar-refractivity contribution < 1.29 is 13.9 Å². The predicted molar refractivity (Wildman–Crippen MR) is 79.9 cm³/mol. The first-order valence-corrected chi connectivity index (χ1v) is 7.92. The van der Waals surface area contributed by atoms with E-state index in [0.29, 0.717) is 12.2 Å². The van der Waals surface area contributed by atoms with E-state index in [1.807, 2.05) is 0 Å². The molecular formula is C14H14ClFN2O2S. The van der Waals surface area contributed by atoms with Crippen LogP contribution in [0, 0.1) is 17.1 Å². The Morgan fingerprint density at radius 3 is 3.00 bits per heavy atom. The van der Waals surface area contributed by atoms with Gasteiger partial charge in [0, 0.05) is 5.75 Å². The third-order valence-electron chi connectivity index (χ3n) is 3.17. The van der Waals surface area contributed by atoms with Gasteiger partial charge in [0.05, 0.1) is 11.1 Å². The molecule has 0 bridgehead atoms. The van der Waals surface area contributed by atoms with Gasteiger partial charge in [-0.1, -0.05) is 11.6 Å². The fourth-order valence-corrected chi connectivity index (χ4v) is 3.41. The first-order chi connectivity index (χ1) is 9.96. The third kappa shape index (κ3) is 3.80. The van der Waals surface area contributed by atoms with E-state index in [1.165, 1.54) is 12.1 Å². The monoisotopic (exact) mass is 328 g/mol. The number of amides is 1. The zero-order chi connectivity index (χ0) is 15.5. The molecule has 0 spiro atoms. The van der Waals surface area contributed by atoms with Gasteiger partial charge >= 0.3 is 0 Å². The molecule has 1 N–H and O–H groups in total. The number of carbonyl (C=O) groups excluding carboxylic acids is 1. The van der Waals surface area contributed by atoms with Crippen molar-refractivity contribution in [3.05, 3.63) is 29.0 Å². The first-order valence-electron chi connectivity index (χ1n) is 6.38. The lowest BCUT2D eigenvalue weighted by atomic mass is 10.0. The highest BCUT2D eigenvalue weighted by atomic mass is 35.5. The average molecular weight is 329 g/mol. The molecule has 0 saturated carbocycles. The minimum Gasteiger partial charge on any atom is -0.479 e. The summed E-state index contributed by atoms with van der Waals surface area (Å²) in [7, 11) is 0. The highest BCUT2D eigenvalue weighted by Gasteiger charge is 2.37. The zero-order valence-corrected chi connectivity index (χ0v) is 12.9. The van der Waals surface area contributed by atoms with Crippen molar-refractivity contribution in [1.82, 2.24) is 5.32 Å². The van der Waals surface area contributed by atoms with E-state index in [4.69, 9.17) is 16.3 Å². The van der Waals surface area contributed by atoms with E-state index >= 15 is 0 Å². The van der Waals surface area contributed by atoms with Gasteiger partial charge in [0.25, 0.3) is 5.91 Å². The van der Waals surface area contributed by atoms with E-state index in [1.54, 1.807) is 18.7 Å². The van der Waals surface area contributed by atoms with E-state index in [0.717, 1.165) is 11.8 Å². The van der Waals surface area contributed by atoms with E-state index in [2.05, 4.69) is 11.4 Å². The van der Waals surface area contributed by atoms with Crippen molar-refractivity contribution in [2.75, 3.05) is 11.5 Å². The Hall–Kier alpha value is -1.45. The molecule has 0 aromatic heterocycles. The molecule has 1 heterocycles. The standard InChI is InChI=1S/C14H14ClFN2O2S/c1-9(20-12-3-2-10(16)6-11(12)15)13(19)18-14(7-17)4-5-21-8-14/h2-3,6,9H,4-5,8H2,1H3,(H,18,19)/t9-,14+/m1/s1. The molecule has 0 unspecified atom stereocenters. The smallest absolute Gasteiger partial charge is 0.262 e. The summed E-state index contributed by atoms with van der Waals surface area (Å²) >= 11 is 7.48. The molecule has 1 aromatic rings. The number of hydrogen-bond donors (Lipinski definition) is 1. The molecule has 112 valence electrons. The van der Waals surface area contributed by atoms with E-state index in [-0.39, 0.29) is 16.7 Å². The van der Waals surface area contributed by atoms with E-state index in [9.17, 15) is 14.4 Å². The van der Waals surface area contributed by atoms with Gasteiger partial charge in [0.1, 0.15) is 17.1 Å². The molecule has 1 amide bonds. The molecule has 1 aliphatic rings. The number of nitrogens with zero attached hydrogens (tertiary/aromatic N) is 1. The molecule has 1 saturated heterocycles. The van der Waals surface area contributed by atoms with Crippen LogP contribution >= 0.6 is 23.4 Å². The number of benzene rings is 1. The minimum absolute atomic E-state index is 0.0982. The number of ether oxygens (including phenoxy) is 1. The van der Waals surface area contributed by atoms with Crippen molar-refractivity contribution >= 4 is 29.3 Å². The molecule has 1 fully saturated rings. The number of thioether (sulfide) groups is 1. The minimum atomic E-state index is -0.830. The molecule has 0 aliphatic carbocycles. The van der Waals surface area contributed by atoms with Crippen LogP contribution in [-0.2, 0) is 4.79 Å². The first kappa shape index (κ1) is 15.9. The van der Waals surface area contributed by atoms with Gasteiger partial charge in [-0.3, -0.25) is 4.79 Å². The fourth-order valence-electron chi connectivity index (χ4n) is 1.93. The van der Waals surface area contributed by atoms with Crippen molar-refractivity contribution in [3.63, 3.8) is 0 Å². The number of nitriles is 1. The lowest BCUT2D eigenvalue weighted by Gasteiger charge is -2.24. The largest absolute Gasteiger partial charge is 0.479 e. The molecule has 0 radical (unpaired) electrons. The number of rotatable bonds is 4. The highest BCUT2D eigenvalue weighted by molar-refractivity contribution is 7.99. The topological polar surface area (TPSA) is 62.1 Å². The van der Waals surface area contributed by atoms with Crippen LogP contribution in [0.15, 0.2) is 18.2 Å². The summed E-state index contributed by atoms with van der Waals surface area (Å²) < 4.78 is 18.4. The lowest BCUT2D eigenvalue weighted by Crippen LogP contribution is -2.51. The molecular weight excluding hydrogens is 315 g/mol. The highest BCUT2D eigenvalue weighted by Crippen LogP contribution is 2.28. The second-order valence-corrected chi connectivity index (χ2v) is 6.33. The maximum atomic E-state index is 13.0. The van der Waals surface area contributed by atoms with Crippen LogP contribution < -0.4 is 10.1 Å². The molecule has 1 aromatic carbocycles. The van der Waals surface area contributed by atoms with Crippen LogP contribution in [-0.4, -0.2) is 29.1 Å². The predicted octanol–water partition coefficient (Wildman–Crippen LogP) is 2.76. The van der Waals surface area contributed by atoms with Crippen LogP contribution in [0.3, 0.4) is 0 Å². The molecule has 4 nitrogen and oxygen atoms in total. The van der Waals surface area contributed by atoms with Crippen molar-refractivity contribution in [2.45, 2.75) is 25.0 Å². The zero-order valence-electron chi connectivity index (χ0n) is 11.4. The van der Waals surface area contributed by atoms with Crippen molar-refractivity contribution in [3.8, 4) is 11.8 Å². The van der Waals surface area contributed by atoms with Gasteiger partial charge < -0.3 is 10.1 Å². The van der Waals surface area contributed by atoms with Gasteiger partial charge in [-0.2, -0.15) is 17.0 Å². The number of nitrogens with one attached hydrogen (secondary N) is 1. The summed E-state index contributed by atoms with van der Waals surface area (Å²) in [5.74, 6) is 0.773. The van der Waals surface area contributed by atoms with Crippen LogP contribution in [0.1, 0.15) is 13.3 Å². The van der Waals surface area contributed by atoms with Crippen LogP contribution in [0.25, 0.3) is 0 Å². The Labute approximate surface area is 131 Å². The molecule has 1 aliphatic heterocycles. The summed E-state index contributed by atoms with van der Waals surface area (Å²) in [6.07, 6.45) is -0.215. The normalized spacial score (nSPS) is 22.4. The Morgan fingerprint density at radius 2 is 2.43 bits per heavy atom. The summed E-state index contributed by atoms with van der Waals surface area (Å²) in [5.41, 5.74) is -0.827. The van der Waals surface area contributed by atoms with Gasteiger partial charge in [-0.05, 0) is 37.3 Å². The summed E-state index contributed by atoms with van der Waals surface area (Å²) in [4.78, 5) is 12.1. The quantitative estimate of drug-likeness (QED) is 0.923. The van der Waals surface area contributed by atoms with Gasteiger partial charge in [0.2, 0.25) is 0 Å². The number of carbonyl (C=O) groups is 1. The van der Waals surface area contributed by atoms with Crippen LogP contribution in [0.5, 0.6) is 5.75 Å². The summed E-state index contributed by atoms with van der Waals surface area (Å²) in [6.45, 7) is 1.56. The Kier molecular flexibility index (Phi) is 4.96. The van der Waals surface area contributed by atoms with Gasteiger partial charge in [-0.25, -0.2) is 4.39 Å². The second-order valence-electron chi connectivity index (χ2n) is 4.82. The van der Waals surface area contributed by atoms with Crippen molar-refractivity contribution in [1.29, 1.82) is 5.26 Å². The molecule has 7 heteroatoms. The SMILES string of the molecule is C[C@@H](Oc1ccc(F)cc1Cl)C(=O)N[C@]1(C#N)CCSC1. The van der Waals surface area contributed by atoms with Crippen LogP contribution in [0.4, 0.5) is 4.39 Å². The Balaban J connectivity index is 2.01. The average Bonchev–Trinajstić information content (AvgIpc) is 2.91. The Morgan fingerprint density at radius 1 is 1.67 bits per heavy atom. The molecule has 21 heavy (non-hydrogen) atoms. The van der Waals surface area contributed by atoms with Crippen LogP contribution in [0.2, 0.25) is 5.02 Å². The van der Waals surface area contributed by atoms with Crippen molar-refractivity contribution in [2.24, 2.45) is 0 Å². The Bertz CT molecular complexity index is 585. The maximum absolute atomic E-state index is 13.0.